The van der Waals surface area contributed by atoms with E-state index in [0.29, 0.717) is 5.02 Å². The van der Waals surface area contributed by atoms with Crippen LogP contribution in [-0.4, -0.2) is 39.2 Å². The van der Waals surface area contributed by atoms with E-state index in [4.69, 9.17) is 16.3 Å². The minimum atomic E-state index is 0.0902. The molecular formula is C19H20ClN5O. The zero-order chi connectivity index (χ0) is 18.1. The average molecular weight is 370 g/mol. The quantitative estimate of drug-likeness (QED) is 0.703. The molecule has 0 amide bonds. The summed E-state index contributed by atoms with van der Waals surface area (Å²) in [5, 5.41) is 13.8. The van der Waals surface area contributed by atoms with Gasteiger partial charge in [-0.1, -0.05) is 23.7 Å². The fraction of sp³-hybridized carbons (Fsp3) is 0.316. The number of benzene rings is 1. The molecule has 0 aliphatic carbocycles. The van der Waals surface area contributed by atoms with Crippen molar-refractivity contribution in [2.24, 2.45) is 0 Å². The average Bonchev–Trinajstić information content (AvgIpc) is 3.23. The third-order valence-corrected chi connectivity index (χ3v) is 4.77. The first-order chi connectivity index (χ1) is 12.6. The van der Waals surface area contributed by atoms with Crippen molar-refractivity contribution >= 4 is 17.4 Å². The normalized spacial score (nSPS) is 16.9. The highest BCUT2D eigenvalue weighted by molar-refractivity contribution is 6.32. The van der Waals surface area contributed by atoms with Crippen molar-refractivity contribution in [2.45, 2.75) is 26.4 Å². The van der Waals surface area contributed by atoms with Crippen molar-refractivity contribution in [3.63, 3.8) is 0 Å². The second kappa shape index (κ2) is 6.96. The molecule has 1 atom stereocenters. The smallest absolute Gasteiger partial charge is 0.176 e. The molecule has 1 aromatic carbocycles. The number of anilines is 1. The Kier molecular flexibility index (Phi) is 4.51. The Morgan fingerprint density at radius 1 is 1.08 bits per heavy atom. The molecule has 134 valence electrons. The second-order valence-corrected chi connectivity index (χ2v) is 6.90. The molecule has 1 saturated heterocycles. The maximum absolute atomic E-state index is 6.18. The highest BCUT2D eigenvalue weighted by Crippen LogP contribution is 2.27. The maximum Gasteiger partial charge on any atom is 0.176 e. The summed E-state index contributed by atoms with van der Waals surface area (Å²) in [5.41, 5.74) is 2.01. The van der Waals surface area contributed by atoms with E-state index >= 15 is 0 Å². The Morgan fingerprint density at radius 2 is 1.85 bits per heavy atom. The van der Waals surface area contributed by atoms with Gasteiger partial charge in [-0.25, -0.2) is 4.68 Å². The molecule has 0 unspecified atom stereocenters. The van der Waals surface area contributed by atoms with E-state index in [-0.39, 0.29) is 6.10 Å². The van der Waals surface area contributed by atoms with Gasteiger partial charge in [0.25, 0.3) is 0 Å². The van der Waals surface area contributed by atoms with Gasteiger partial charge in [-0.15, -0.1) is 10.2 Å². The molecule has 6 nitrogen and oxygen atoms in total. The Hall–Kier alpha value is -2.60. The summed E-state index contributed by atoms with van der Waals surface area (Å²) in [6.07, 6.45) is 1.01. The third-order valence-electron chi connectivity index (χ3n) is 4.46. The fourth-order valence-corrected chi connectivity index (χ4v) is 3.39. The number of halogens is 1. The molecule has 0 saturated carbocycles. The second-order valence-electron chi connectivity index (χ2n) is 6.49. The summed E-state index contributed by atoms with van der Waals surface area (Å²) in [6.45, 7) is 5.61. The summed E-state index contributed by atoms with van der Waals surface area (Å²) < 4.78 is 7.84. The van der Waals surface area contributed by atoms with Crippen molar-refractivity contribution < 1.29 is 4.74 Å². The number of hydrogen-bond acceptors (Lipinski definition) is 5. The van der Waals surface area contributed by atoms with Crippen LogP contribution in [0.15, 0.2) is 42.5 Å². The van der Waals surface area contributed by atoms with Gasteiger partial charge in [0.2, 0.25) is 0 Å². The van der Waals surface area contributed by atoms with Crippen molar-refractivity contribution in [2.75, 3.05) is 18.0 Å². The van der Waals surface area contributed by atoms with Crippen LogP contribution in [0.1, 0.15) is 17.8 Å². The number of rotatable bonds is 4. The minimum Gasteiger partial charge on any atom is -0.487 e. The van der Waals surface area contributed by atoms with E-state index in [1.807, 2.05) is 56.3 Å². The van der Waals surface area contributed by atoms with Crippen LogP contribution in [0, 0.1) is 13.8 Å². The first kappa shape index (κ1) is 16.8. The van der Waals surface area contributed by atoms with E-state index in [2.05, 4.69) is 20.2 Å². The lowest BCUT2D eigenvalue weighted by Crippen LogP contribution is -2.25. The van der Waals surface area contributed by atoms with Crippen LogP contribution >= 0.6 is 11.6 Å². The van der Waals surface area contributed by atoms with Crippen LogP contribution in [0.5, 0.6) is 5.75 Å². The van der Waals surface area contributed by atoms with Crippen molar-refractivity contribution in [3.8, 4) is 11.6 Å². The molecule has 3 heterocycles. The van der Waals surface area contributed by atoms with Crippen LogP contribution in [0.2, 0.25) is 5.02 Å². The lowest BCUT2D eigenvalue weighted by molar-refractivity contribution is 0.225. The van der Waals surface area contributed by atoms with Gasteiger partial charge in [0.15, 0.2) is 11.6 Å². The number of aryl methyl sites for hydroxylation is 2. The molecule has 26 heavy (non-hydrogen) atoms. The lowest BCUT2D eigenvalue weighted by Gasteiger charge is -2.18. The molecule has 1 aliphatic heterocycles. The van der Waals surface area contributed by atoms with E-state index in [9.17, 15) is 0 Å². The number of nitrogens with zero attached hydrogens (tertiary/aromatic N) is 5. The lowest BCUT2D eigenvalue weighted by atomic mass is 10.3. The first-order valence-corrected chi connectivity index (χ1v) is 9.01. The van der Waals surface area contributed by atoms with Gasteiger partial charge in [-0.3, -0.25) is 0 Å². The monoisotopic (exact) mass is 369 g/mol. The number of para-hydroxylation sites is 1. The molecule has 1 aliphatic rings. The predicted octanol–water partition coefficient (Wildman–Crippen LogP) is 3.59. The molecule has 2 aromatic heterocycles. The van der Waals surface area contributed by atoms with Crippen molar-refractivity contribution in [1.82, 2.24) is 20.0 Å². The summed E-state index contributed by atoms with van der Waals surface area (Å²) in [6, 6.07) is 13.5. The number of hydrogen-bond donors (Lipinski definition) is 0. The van der Waals surface area contributed by atoms with E-state index in [1.54, 1.807) is 4.68 Å². The molecule has 4 rings (SSSR count). The molecule has 0 bridgehead atoms. The van der Waals surface area contributed by atoms with Gasteiger partial charge in [0.05, 0.1) is 17.3 Å². The molecule has 0 N–H and O–H groups in total. The molecule has 7 heteroatoms. The van der Waals surface area contributed by atoms with Crippen LogP contribution in [-0.2, 0) is 0 Å². The Labute approximate surface area is 157 Å². The molecule has 0 spiro atoms. The summed E-state index contributed by atoms with van der Waals surface area (Å²) >= 11 is 6.18. The van der Waals surface area contributed by atoms with Crippen LogP contribution in [0.3, 0.4) is 0 Å². The first-order valence-electron chi connectivity index (χ1n) is 8.63. The van der Waals surface area contributed by atoms with Gasteiger partial charge in [0, 0.05) is 18.7 Å². The van der Waals surface area contributed by atoms with Crippen LogP contribution in [0.25, 0.3) is 5.82 Å². The number of aromatic nitrogens is 4. The molecule has 3 aromatic rings. The fourth-order valence-electron chi connectivity index (χ4n) is 3.21. The molecular weight excluding hydrogens is 350 g/mol. The summed E-state index contributed by atoms with van der Waals surface area (Å²) in [4.78, 5) is 2.18. The third kappa shape index (κ3) is 3.37. The topological polar surface area (TPSA) is 56.1 Å². The standard InChI is InChI=1S/C19H20ClN5O/c1-13-11-14(2)25(23-13)19-8-7-18(21-22-19)24-10-9-15(12-24)26-17-6-4-3-5-16(17)20/h3-8,11,15H,9-10,12H2,1-2H3/t15-/m0/s1. The van der Waals surface area contributed by atoms with Gasteiger partial charge in [-0.05, 0) is 44.2 Å². The van der Waals surface area contributed by atoms with Gasteiger partial charge < -0.3 is 9.64 Å². The van der Waals surface area contributed by atoms with Crippen LogP contribution in [0.4, 0.5) is 5.82 Å². The van der Waals surface area contributed by atoms with E-state index in [1.165, 1.54) is 0 Å². The Balaban J connectivity index is 1.44. The SMILES string of the molecule is Cc1cc(C)n(-c2ccc(N3CC[C@H](Oc4ccccc4Cl)C3)nn2)n1. The van der Waals surface area contributed by atoms with E-state index in [0.717, 1.165) is 48.3 Å². The zero-order valence-corrected chi connectivity index (χ0v) is 15.5. The summed E-state index contributed by atoms with van der Waals surface area (Å²) in [7, 11) is 0. The predicted molar refractivity (Wildman–Crippen MR) is 101 cm³/mol. The largest absolute Gasteiger partial charge is 0.487 e. The zero-order valence-electron chi connectivity index (χ0n) is 14.8. The van der Waals surface area contributed by atoms with Gasteiger partial charge >= 0.3 is 0 Å². The molecule has 1 fully saturated rings. The van der Waals surface area contributed by atoms with Gasteiger partial charge in [0.1, 0.15) is 11.9 Å². The van der Waals surface area contributed by atoms with E-state index < -0.39 is 0 Å². The maximum atomic E-state index is 6.18. The van der Waals surface area contributed by atoms with Crippen molar-refractivity contribution in [3.05, 3.63) is 58.9 Å². The van der Waals surface area contributed by atoms with Gasteiger partial charge in [-0.2, -0.15) is 5.10 Å². The Morgan fingerprint density at radius 3 is 2.54 bits per heavy atom. The minimum absolute atomic E-state index is 0.0902. The summed E-state index contributed by atoms with van der Waals surface area (Å²) in [5.74, 6) is 2.30. The highest BCUT2D eigenvalue weighted by atomic mass is 35.5. The Bertz CT molecular complexity index is 909. The highest BCUT2D eigenvalue weighted by Gasteiger charge is 2.26. The molecule has 0 radical (unpaired) electrons. The number of ether oxygens (including phenoxy) is 1. The van der Waals surface area contributed by atoms with Crippen LogP contribution < -0.4 is 9.64 Å². The van der Waals surface area contributed by atoms with Crippen molar-refractivity contribution in [1.29, 1.82) is 0 Å².